The van der Waals surface area contributed by atoms with Crippen molar-refractivity contribution in [1.29, 1.82) is 0 Å². The molecule has 0 aromatic heterocycles. The van der Waals surface area contributed by atoms with Crippen molar-refractivity contribution in [2.75, 3.05) is 13.7 Å². The molecule has 2 aromatic carbocycles. The van der Waals surface area contributed by atoms with E-state index >= 15 is 0 Å². The van der Waals surface area contributed by atoms with Gasteiger partial charge in [0.05, 0.1) is 13.7 Å². The zero-order valence-corrected chi connectivity index (χ0v) is 11.8. The first-order valence-electron chi connectivity index (χ1n) is 6.84. The Balaban J connectivity index is 1.75. The Morgan fingerprint density at radius 2 is 1.75 bits per heavy atom. The van der Waals surface area contributed by atoms with Crippen molar-refractivity contribution in [2.24, 2.45) is 0 Å². The number of rotatable bonds is 7. The SMILES string of the molecule is COc1ccc(CCNCc2cccc(CO)c2)cc1. The number of benzene rings is 2. The molecule has 0 aliphatic heterocycles. The van der Waals surface area contributed by atoms with Crippen molar-refractivity contribution in [2.45, 2.75) is 19.6 Å². The summed E-state index contributed by atoms with van der Waals surface area (Å²) >= 11 is 0. The summed E-state index contributed by atoms with van der Waals surface area (Å²) in [6, 6.07) is 16.2. The minimum Gasteiger partial charge on any atom is -0.497 e. The summed E-state index contributed by atoms with van der Waals surface area (Å²) in [5, 5.41) is 12.5. The Hall–Kier alpha value is -1.84. The third kappa shape index (κ3) is 4.37. The van der Waals surface area contributed by atoms with Gasteiger partial charge in [0.2, 0.25) is 0 Å². The van der Waals surface area contributed by atoms with Crippen LogP contribution in [0.3, 0.4) is 0 Å². The summed E-state index contributed by atoms with van der Waals surface area (Å²) in [7, 11) is 1.68. The van der Waals surface area contributed by atoms with Crippen molar-refractivity contribution in [3.05, 3.63) is 65.2 Å². The van der Waals surface area contributed by atoms with Gasteiger partial charge in [-0.3, -0.25) is 0 Å². The van der Waals surface area contributed by atoms with E-state index in [9.17, 15) is 0 Å². The third-order valence-corrected chi connectivity index (χ3v) is 3.25. The van der Waals surface area contributed by atoms with Crippen LogP contribution in [0.1, 0.15) is 16.7 Å². The van der Waals surface area contributed by atoms with Gasteiger partial charge in [-0.15, -0.1) is 0 Å². The van der Waals surface area contributed by atoms with Crippen LogP contribution in [0.4, 0.5) is 0 Å². The molecule has 0 spiro atoms. The van der Waals surface area contributed by atoms with Gasteiger partial charge >= 0.3 is 0 Å². The van der Waals surface area contributed by atoms with Crippen molar-refractivity contribution < 1.29 is 9.84 Å². The van der Waals surface area contributed by atoms with Gasteiger partial charge in [-0.2, -0.15) is 0 Å². The molecule has 0 unspecified atom stereocenters. The monoisotopic (exact) mass is 271 g/mol. The fourth-order valence-corrected chi connectivity index (χ4v) is 2.10. The number of hydrogen-bond donors (Lipinski definition) is 2. The van der Waals surface area contributed by atoms with Crippen LogP contribution < -0.4 is 10.1 Å². The van der Waals surface area contributed by atoms with Crippen LogP contribution in [0.2, 0.25) is 0 Å². The fourth-order valence-electron chi connectivity index (χ4n) is 2.10. The van der Waals surface area contributed by atoms with Crippen LogP contribution >= 0.6 is 0 Å². The normalized spacial score (nSPS) is 10.5. The highest BCUT2D eigenvalue weighted by Gasteiger charge is 1.97. The summed E-state index contributed by atoms with van der Waals surface area (Å²) in [4.78, 5) is 0. The zero-order chi connectivity index (χ0) is 14.2. The first kappa shape index (κ1) is 14.6. The number of methoxy groups -OCH3 is 1. The lowest BCUT2D eigenvalue weighted by Gasteiger charge is -2.07. The number of ether oxygens (including phenoxy) is 1. The highest BCUT2D eigenvalue weighted by atomic mass is 16.5. The molecule has 0 atom stereocenters. The Labute approximate surface area is 120 Å². The quantitative estimate of drug-likeness (QED) is 0.760. The van der Waals surface area contributed by atoms with Crippen LogP contribution in [-0.2, 0) is 19.6 Å². The molecular weight excluding hydrogens is 250 g/mol. The van der Waals surface area contributed by atoms with Gasteiger partial charge < -0.3 is 15.2 Å². The smallest absolute Gasteiger partial charge is 0.118 e. The van der Waals surface area contributed by atoms with Gasteiger partial charge in [0, 0.05) is 6.54 Å². The van der Waals surface area contributed by atoms with Crippen LogP contribution in [0, 0.1) is 0 Å². The molecule has 0 bridgehead atoms. The molecule has 0 saturated carbocycles. The molecule has 0 saturated heterocycles. The van der Waals surface area contributed by atoms with Crippen molar-refractivity contribution in [3.8, 4) is 5.75 Å². The van der Waals surface area contributed by atoms with E-state index in [-0.39, 0.29) is 6.61 Å². The van der Waals surface area contributed by atoms with Crippen LogP contribution in [-0.4, -0.2) is 18.8 Å². The molecule has 0 aliphatic rings. The van der Waals surface area contributed by atoms with E-state index < -0.39 is 0 Å². The van der Waals surface area contributed by atoms with Crippen LogP contribution in [0.25, 0.3) is 0 Å². The van der Waals surface area contributed by atoms with E-state index in [0.717, 1.165) is 30.8 Å². The Bertz CT molecular complexity index is 523. The molecule has 0 aliphatic carbocycles. The molecule has 3 nitrogen and oxygen atoms in total. The highest BCUT2D eigenvalue weighted by Crippen LogP contribution is 2.11. The Morgan fingerprint density at radius 3 is 2.45 bits per heavy atom. The molecule has 0 fully saturated rings. The van der Waals surface area contributed by atoms with Crippen LogP contribution in [0.15, 0.2) is 48.5 Å². The maximum Gasteiger partial charge on any atom is 0.118 e. The van der Waals surface area contributed by atoms with Crippen molar-refractivity contribution in [3.63, 3.8) is 0 Å². The summed E-state index contributed by atoms with van der Waals surface area (Å²) in [6.45, 7) is 1.85. The second kappa shape index (κ2) is 7.68. The standard InChI is InChI=1S/C17H21NO2/c1-20-17-7-5-14(6-8-17)9-10-18-12-15-3-2-4-16(11-15)13-19/h2-8,11,18-19H,9-10,12-13H2,1H3. The molecule has 0 heterocycles. The van der Waals surface area contributed by atoms with Gasteiger partial charge in [-0.25, -0.2) is 0 Å². The molecular formula is C17H21NO2. The first-order chi connectivity index (χ1) is 9.81. The van der Waals surface area contributed by atoms with Gasteiger partial charge in [0.15, 0.2) is 0 Å². The fraction of sp³-hybridized carbons (Fsp3) is 0.294. The Kier molecular flexibility index (Phi) is 5.59. The molecule has 106 valence electrons. The maximum atomic E-state index is 9.09. The minimum absolute atomic E-state index is 0.0969. The predicted octanol–water partition coefficient (Wildman–Crippen LogP) is 2.52. The second-order valence-electron chi connectivity index (χ2n) is 4.75. The number of hydrogen-bond acceptors (Lipinski definition) is 3. The molecule has 2 rings (SSSR count). The van der Waals surface area contributed by atoms with Crippen LogP contribution in [0.5, 0.6) is 5.75 Å². The van der Waals surface area contributed by atoms with E-state index in [1.807, 2.05) is 30.3 Å². The van der Waals surface area contributed by atoms with Crippen molar-refractivity contribution in [1.82, 2.24) is 5.32 Å². The van der Waals surface area contributed by atoms with Crippen molar-refractivity contribution >= 4 is 0 Å². The van der Waals surface area contributed by atoms with Gasteiger partial charge in [0.25, 0.3) is 0 Å². The topological polar surface area (TPSA) is 41.5 Å². The van der Waals surface area contributed by atoms with E-state index in [1.54, 1.807) is 7.11 Å². The molecule has 3 heteroatoms. The number of nitrogens with one attached hydrogen (secondary N) is 1. The van der Waals surface area contributed by atoms with E-state index in [4.69, 9.17) is 9.84 Å². The largest absolute Gasteiger partial charge is 0.497 e. The molecule has 0 amide bonds. The van der Waals surface area contributed by atoms with Gasteiger partial charge in [0.1, 0.15) is 5.75 Å². The molecule has 20 heavy (non-hydrogen) atoms. The lowest BCUT2D eigenvalue weighted by molar-refractivity contribution is 0.281. The van der Waals surface area contributed by atoms with Gasteiger partial charge in [-0.1, -0.05) is 36.4 Å². The number of aliphatic hydroxyl groups is 1. The van der Waals surface area contributed by atoms with Gasteiger partial charge in [-0.05, 0) is 41.8 Å². The summed E-state index contributed by atoms with van der Waals surface area (Å²) in [5.41, 5.74) is 3.45. The first-order valence-corrected chi connectivity index (χ1v) is 6.84. The molecule has 2 aromatic rings. The average molecular weight is 271 g/mol. The minimum atomic E-state index is 0.0969. The maximum absolute atomic E-state index is 9.09. The second-order valence-corrected chi connectivity index (χ2v) is 4.75. The number of aliphatic hydroxyl groups excluding tert-OH is 1. The summed E-state index contributed by atoms with van der Waals surface area (Å²) in [5.74, 6) is 0.891. The van der Waals surface area contributed by atoms with E-state index in [1.165, 1.54) is 11.1 Å². The predicted molar refractivity (Wildman–Crippen MR) is 80.8 cm³/mol. The highest BCUT2D eigenvalue weighted by molar-refractivity contribution is 5.27. The average Bonchev–Trinajstić information content (AvgIpc) is 2.52. The lowest BCUT2D eigenvalue weighted by atomic mass is 10.1. The van der Waals surface area contributed by atoms with E-state index in [0.29, 0.717) is 0 Å². The van der Waals surface area contributed by atoms with E-state index in [2.05, 4.69) is 23.5 Å². The molecule has 2 N–H and O–H groups in total. The summed E-state index contributed by atoms with van der Waals surface area (Å²) < 4.78 is 5.14. The third-order valence-electron chi connectivity index (χ3n) is 3.25. The zero-order valence-electron chi connectivity index (χ0n) is 11.8. The molecule has 0 radical (unpaired) electrons. The summed E-state index contributed by atoms with van der Waals surface area (Å²) in [6.07, 6.45) is 0.990. The Morgan fingerprint density at radius 1 is 1.00 bits per heavy atom. The lowest BCUT2D eigenvalue weighted by Crippen LogP contribution is -2.16.